The third kappa shape index (κ3) is 2.59. The van der Waals surface area contributed by atoms with Gasteiger partial charge in [0.1, 0.15) is 0 Å². The second-order valence-electron chi connectivity index (χ2n) is 6.07. The zero-order chi connectivity index (χ0) is 17.4. The van der Waals surface area contributed by atoms with Crippen molar-refractivity contribution in [2.24, 2.45) is 0 Å². The van der Waals surface area contributed by atoms with Crippen molar-refractivity contribution in [2.75, 3.05) is 20.8 Å². The molecule has 0 saturated carbocycles. The molecule has 0 atom stereocenters. The van der Waals surface area contributed by atoms with E-state index in [2.05, 4.69) is 10.2 Å². The van der Waals surface area contributed by atoms with Crippen LogP contribution in [-0.4, -0.2) is 41.8 Å². The number of hydrogen-bond donors (Lipinski definition) is 1. The van der Waals surface area contributed by atoms with Gasteiger partial charge in [-0.3, -0.25) is 9.89 Å². The number of aromatic amines is 1. The first-order valence-electron chi connectivity index (χ1n) is 8.17. The lowest BCUT2D eigenvalue weighted by atomic mass is 9.98. The highest BCUT2D eigenvalue weighted by molar-refractivity contribution is 6.04. The van der Waals surface area contributed by atoms with Gasteiger partial charge in [-0.1, -0.05) is 18.2 Å². The molecule has 1 aliphatic rings. The predicted molar refractivity (Wildman–Crippen MR) is 94.1 cm³/mol. The number of amides is 1. The Labute approximate surface area is 145 Å². The van der Waals surface area contributed by atoms with Crippen LogP contribution in [0.4, 0.5) is 0 Å². The molecule has 3 aromatic rings. The van der Waals surface area contributed by atoms with Crippen LogP contribution in [0.2, 0.25) is 0 Å². The zero-order valence-electron chi connectivity index (χ0n) is 14.2. The van der Waals surface area contributed by atoms with Crippen molar-refractivity contribution in [3.05, 3.63) is 53.2 Å². The van der Waals surface area contributed by atoms with Crippen LogP contribution in [0.25, 0.3) is 10.9 Å². The number of nitrogens with one attached hydrogen (secondary N) is 1. The number of aromatic nitrogens is 2. The van der Waals surface area contributed by atoms with Gasteiger partial charge in [0.05, 0.1) is 19.7 Å². The Morgan fingerprint density at radius 3 is 2.60 bits per heavy atom. The number of nitrogens with zero attached hydrogens (tertiary/aromatic N) is 2. The van der Waals surface area contributed by atoms with Gasteiger partial charge >= 0.3 is 0 Å². The van der Waals surface area contributed by atoms with Crippen molar-refractivity contribution in [2.45, 2.75) is 13.0 Å². The van der Waals surface area contributed by atoms with E-state index in [1.165, 1.54) is 5.56 Å². The van der Waals surface area contributed by atoms with E-state index < -0.39 is 0 Å². The molecule has 1 aromatic heterocycles. The smallest absolute Gasteiger partial charge is 0.275 e. The molecule has 0 saturated heterocycles. The summed E-state index contributed by atoms with van der Waals surface area (Å²) >= 11 is 0. The van der Waals surface area contributed by atoms with Crippen LogP contribution in [0.15, 0.2) is 36.4 Å². The first kappa shape index (κ1) is 15.5. The minimum atomic E-state index is -0.0575. The number of fused-ring (bicyclic) bond motifs is 2. The number of carbonyl (C=O) groups is 1. The van der Waals surface area contributed by atoms with Crippen LogP contribution in [0.3, 0.4) is 0 Å². The summed E-state index contributed by atoms with van der Waals surface area (Å²) in [4.78, 5) is 14.8. The average Bonchev–Trinajstić information content (AvgIpc) is 3.09. The lowest BCUT2D eigenvalue weighted by Crippen LogP contribution is -2.36. The third-order valence-electron chi connectivity index (χ3n) is 4.68. The van der Waals surface area contributed by atoms with Gasteiger partial charge in [-0.2, -0.15) is 5.10 Å². The van der Waals surface area contributed by atoms with E-state index in [1.54, 1.807) is 14.2 Å². The number of hydrogen-bond acceptors (Lipinski definition) is 4. The number of para-hydroxylation sites is 1. The first-order chi connectivity index (χ1) is 12.2. The number of rotatable bonds is 3. The fourth-order valence-electron chi connectivity index (χ4n) is 3.33. The van der Waals surface area contributed by atoms with Crippen molar-refractivity contribution in [1.82, 2.24) is 15.1 Å². The first-order valence-corrected chi connectivity index (χ1v) is 8.17. The molecule has 2 heterocycles. The van der Waals surface area contributed by atoms with E-state index in [0.29, 0.717) is 24.5 Å². The molecule has 1 N–H and O–H groups in total. The minimum Gasteiger partial charge on any atom is -0.493 e. The van der Waals surface area contributed by atoms with Crippen molar-refractivity contribution < 1.29 is 14.3 Å². The van der Waals surface area contributed by atoms with Crippen LogP contribution in [0, 0.1) is 0 Å². The number of H-pyrrole nitrogens is 1. The molecular formula is C19H19N3O3. The van der Waals surface area contributed by atoms with Crippen LogP contribution in [-0.2, 0) is 13.0 Å². The molecule has 4 rings (SSSR count). The zero-order valence-corrected chi connectivity index (χ0v) is 14.2. The summed E-state index contributed by atoms with van der Waals surface area (Å²) in [6, 6.07) is 11.6. The topological polar surface area (TPSA) is 67.5 Å². The monoisotopic (exact) mass is 337 g/mol. The fourth-order valence-corrected chi connectivity index (χ4v) is 3.33. The van der Waals surface area contributed by atoms with Crippen molar-refractivity contribution in [3.8, 4) is 11.5 Å². The molecule has 25 heavy (non-hydrogen) atoms. The van der Waals surface area contributed by atoms with Crippen LogP contribution < -0.4 is 9.47 Å². The maximum Gasteiger partial charge on any atom is 0.275 e. The molecular weight excluding hydrogens is 318 g/mol. The Balaban J connectivity index is 1.65. The standard InChI is InChI=1S/C19H19N3O3/c1-24-16-9-12-7-8-22(11-13(12)10-17(16)25-2)19(23)18-14-5-3-4-6-15(14)20-21-18/h3-6,9-10H,7-8,11H2,1-2H3,(H,20,21). The number of ether oxygens (including phenoxy) is 2. The van der Waals surface area contributed by atoms with Gasteiger partial charge in [-0.25, -0.2) is 0 Å². The van der Waals surface area contributed by atoms with E-state index in [1.807, 2.05) is 41.3 Å². The summed E-state index contributed by atoms with van der Waals surface area (Å²) in [6.45, 7) is 1.19. The van der Waals surface area contributed by atoms with E-state index in [-0.39, 0.29) is 5.91 Å². The molecule has 6 nitrogen and oxygen atoms in total. The third-order valence-corrected chi connectivity index (χ3v) is 4.68. The van der Waals surface area contributed by atoms with E-state index in [9.17, 15) is 4.79 Å². The normalized spacial score (nSPS) is 13.6. The molecule has 0 fully saturated rings. The summed E-state index contributed by atoms with van der Waals surface area (Å²) < 4.78 is 10.7. The molecule has 128 valence electrons. The number of carbonyl (C=O) groups excluding carboxylic acids is 1. The SMILES string of the molecule is COc1cc2c(cc1OC)CN(C(=O)c1n[nH]c3ccccc13)CC2. The number of methoxy groups -OCH3 is 2. The Hall–Kier alpha value is -3.02. The second kappa shape index (κ2) is 6.12. The highest BCUT2D eigenvalue weighted by Gasteiger charge is 2.26. The summed E-state index contributed by atoms with van der Waals surface area (Å²) in [5, 5.41) is 8.01. The molecule has 6 heteroatoms. The van der Waals surface area contributed by atoms with Gasteiger partial charge in [0.2, 0.25) is 0 Å². The molecule has 0 spiro atoms. The Bertz CT molecular complexity index is 948. The highest BCUT2D eigenvalue weighted by Crippen LogP contribution is 2.33. The second-order valence-corrected chi connectivity index (χ2v) is 6.07. The fraction of sp³-hybridized carbons (Fsp3) is 0.263. The van der Waals surface area contributed by atoms with Crippen molar-refractivity contribution in [1.29, 1.82) is 0 Å². The molecule has 0 unspecified atom stereocenters. The van der Waals surface area contributed by atoms with Crippen LogP contribution in [0.5, 0.6) is 11.5 Å². The van der Waals surface area contributed by atoms with Crippen molar-refractivity contribution >= 4 is 16.8 Å². The van der Waals surface area contributed by atoms with E-state index in [4.69, 9.17) is 9.47 Å². The molecule has 0 radical (unpaired) electrons. The van der Waals surface area contributed by atoms with Gasteiger partial charge in [0.25, 0.3) is 5.91 Å². The quantitative estimate of drug-likeness (QED) is 0.798. The molecule has 1 aliphatic heterocycles. The number of benzene rings is 2. The maximum absolute atomic E-state index is 12.9. The summed E-state index contributed by atoms with van der Waals surface area (Å²) in [6.07, 6.45) is 0.782. The lowest BCUT2D eigenvalue weighted by Gasteiger charge is -2.29. The van der Waals surface area contributed by atoms with Gasteiger partial charge in [-0.15, -0.1) is 0 Å². The van der Waals surface area contributed by atoms with Gasteiger partial charge in [0, 0.05) is 18.5 Å². The molecule has 2 aromatic carbocycles. The maximum atomic E-state index is 12.9. The Morgan fingerprint density at radius 2 is 1.84 bits per heavy atom. The van der Waals surface area contributed by atoms with E-state index >= 15 is 0 Å². The predicted octanol–water partition coefficient (Wildman–Crippen LogP) is 2.78. The van der Waals surface area contributed by atoms with Crippen LogP contribution >= 0.6 is 0 Å². The lowest BCUT2D eigenvalue weighted by molar-refractivity contribution is 0.0730. The molecule has 0 aliphatic carbocycles. The average molecular weight is 337 g/mol. The van der Waals surface area contributed by atoms with E-state index in [0.717, 1.165) is 28.6 Å². The van der Waals surface area contributed by atoms with Crippen LogP contribution in [0.1, 0.15) is 21.6 Å². The minimum absolute atomic E-state index is 0.0575. The Kier molecular flexibility index (Phi) is 3.80. The van der Waals surface area contributed by atoms with Gasteiger partial charge < -0.3 is 14.4 Å². The van der Waals surface area contributed by atoms with Crippen molar-refractivity contribution in [3.63, 3.8) is 0 Å². The Morgan fingerprint density at radius 1 is 1.12 bits per heavy atom. The largest absolute Gasteiger partial charge is 0.493 e. The molecule has 1 amide bonds. The molecule has 0 bridgehead atoms. The summed E-state index contributed by atoms with van der Waals surface area (Å²) in [7, 11) is 3.25. The highest BCUT2D eigenvalue weighted by atomic mass is 16.5. The summed E-state index contributed by atoms with van der Waals surface area (Å²) in [5.41, 5.74) is 3.61. The van der Waals surface area contributed by atoms with Gasteiger partial charge in [-0.05, 0) is 35.7 Å². The van der Waals surface area contributed by atoms with Gasteiger partial charge in [0.15, 0.2) is 17.2 Å². The summed E-state index contributed by atoms with van der Waals surface area (Å²) in [5.74, 6) is 1.35.